The lowest BCUT2D eigenvalue weighted by atomic mass is 10.2. The van der Waals surface area contributed by atoms with Gasteiger partial charge in [-0.3, -0.25) is 9.10 Å². The summed E-state index contributed by atoms with van der Waals surface area (Å²) in [7, 11) is -2.03. The van der Waals surface area contributed by atoms with Gasteiger partial charge in [-0.15, -0.1) is 10.2 Å². The lowest BCUT2D eigenvalue weighted by Crippen LogP contribution is -2.34. The number of anilines is 1. The highest BCUT2D eigenvalue weighted by atomic mass is 32.2. The van der Waals surface area contributed by atoms with E-state index in [2.05, 4.69) is 10.2 Å². The van der Waals surface area contributed by atoms with Gasteiger partial charge in [0.05, 0.1) is 17.5 Å². The molecule has 0 aliphatic rings. The van der Waals surface area contributed by atoms with Gasteiger partial charge in [0, 0.05) is 12.4 Å². The Balaban J connectivity index is 1.89. The highest BCUT2D eigenvalue weighted by Crippen LogP contribution is 2.37. The second kappa shape index (κ2) is 7.43. The predicted octanol–water partition coefficient (Wildman–Crippen LogP) is 3.27. The quantitative estimate of drug-likeness (QED) is 0.664. The minimum absolute atomic E-state index is 0.128. The number of carbonyl (C=O) groups is 1. The van der Waals surface area contributed by atoms with Gasteiger partial charge in [-0.25, -0.2) is 8.42 Å². The van der Waals surface area contributed by atoms with Crippen LogP contribution in [0.3, 0.4) is 0 Å². The molecule has 0 aliphatic heterocycles. The van der Waals surface area contributed by atoms with Crippen LogP contribution in [0.4, 0.5) is 11.4 Å². The zero-order valence-corrected chi connectivity index (χ0v) is 16.5. The Morgan fingerprint density at radius 2 is 1.89 bits per heavy atom. The number of hydrogen-bond donors (Lipinski definition) is 1. The minimum atomic E-state index is -3.69. The number of hydrogen-bond acceptors (Lipinski definition) is 5. The van der Waals surface area contributed by atoms with Crippen LogP contribution in [-0.4, -0.2) is 36.8 Å². The lowest BCUT2D eigenvalue weighted by Gasteiger charge is -2.20. The summed E-state index contributed by atoms with van der Waals surface area (Å²) in [6.07, 6.45) is 1.02. The zero-order valence-electron chi connectivity index (χ0n) is 15.7. The van der Waals surface area contributed by atoms with E-state index in [1.54, 1.807) is 43.4 Å². The molecule has 0 radical (unpaired) electrons. The van der Waals surface area contributed by atoms with Crippen LogP contribution in [0, 0.1) is 6.92 Å². The molecular formula is C19H20N4O4S. The van der Waals surface area contributed by atoms with Crippen molar-refractivity contribution in [2.75, 3.05) is 17.1 Å². The Morgan fingerprint density at radius 1 is 1.18 bits per heavy atom. The number of aromatic hydroxyl groups is 1. The first-order chi connectivity index (χ1) is 13.2. The van der Waals surface area contributed by atoms with E-state index in [-0.39, 0.29) is 11.6 Å². The molecule has 1 N–H and O–H groups in total. The van der Waals surface area contributed by atoms with Gasteiger partial charge in [-0.1, -0.05) is 30.3 Å². The molecule has 2 aromatic carbocycles. The van der Waals surface area contributed by atoms with Crippen LogP contribution in [0.5, 0.6) is 5.88 Å². The van der Waals surface area contributed by atoms with E-state index < -0.39 is 22.5 Å². The van der Waals surface area contributed by atoms with E-state index in [4.69, 9.17) is 0 Å². The lowest BCUT2D eigenvalue weighted by molar-refractivity contribution is -0.116. The fourth-order valence-corrected chi connectivity index (χ4v) is 3.74. The molecule has 1 amide bonds. The van der Waals surface area contributed by atoms with Gasteiger partial charge in [0.25, 0.3) is 5.91 Å². The number of azo groups is 1. The van der Waals surface area contributed by atoms with Crippen LogP contribution < -0.4 is 4.31 Å². The maximum Gasteiger partial charge on any atom is 0.285 e. The van der Waals surface area contributed by atoms with Gasteiger partial charge in [0.15, 0.2) is 5.69 Å². The molecule has 1 heterocycles. The van der Waals surface area contributed by atoms with Crippen LogP contribution in [0.25, 0.3) is 10.9 Å². The van der Waals surface area contributed by atoms with Crippen molar-refractivity contribution in [2.45, 2.75) is 6.92 Å². The number of nitrogens with zero attached hydrogens (tertiary/aromatic N) is 4. The van der Waals surface area contributed by atoms with Crippen molar-refractivity contribution in [3.05, 3.63) is 54.1 Å². The monoisotopic (exact) mass is 400 g/mol. The molecule has 8 nitrogen and oxygen atoms in total. The molecule has 0 saturated carbocycles. The normalized spacial score (nSPS) is 12.0. The topological polar surface area (TPSA) is 104 Å². The molecule has 0 spiro atoms. The van der Waals surface area contributed by atoms with Crippen LogP contribution in [0.15, 0.2) is 58.8 Å². The molecule has 0 atom stereocenters. The summed E-state index contributed by atoms with van der Waals surface area (Å²) in [4.78, 5) is 12.3. The molecule has 0 fully saturated rings. The van der Waals surface area contributed by atoms with Gasteiger partial charge >= 0.3 is 0 Å². The highest BCUT2D eigenvalue weighted by molar-refractivity contribution is 7.92. The first-order valence-electron chi connectivity index (χ1n) is 8.44. The molecule has 0 saturated heterocycles. The van der Waals surface area contributed by atoms with E-state index in [1.807, 2.05) is 19.1 Å². The van der Waals surface area contributed by atoms with Crippen LogP contribution in [0.2, 0.25) is 0 Å². The summed E-state index contributed by atoms with van der Waals surface area (Å²) < 4.78 is 26.8. The summed E-state index contributed by atoms with van der Waals surface area (Å²) in [5.41, 5.74) is 2.13. The number of benzene rings is 2. The first kappa shape index (κ1) is 19.6. The summed E-state index contributed by atoms with van der Waals surface area (Å²) in [5, 5.41) is 18.4. The van der Waals surface area contributed by atoms with E-state index in [0.29, 0.717) is 11.1 Å². The maximum atomic E-state index is 12.3. The second-order valence-corrected chi connectivity index (χ2v) is 8.36. The maximum absolute atomic E-state index is 12.3. The van der Waals surface area contributed by atoms with Crippen molar-refractivity contribution in [1.82, 2.24) is 4.57 Å². The van der Waals surface area contributed by atoms with Crippen molar-refractivity contribution >= 4 is 38.2 Å². The molecule has 0 unspecified atom stereocenters. The molecule has 3 aromatic rings. The summed E-state index contributed by atoms with van der Waals surface area (Å²) in [6, 6.07) is 14.0. The van der Waals surface area contributed by atoms with Crippen molar-refractivity contribution < 1.29 is 18.3 Å². The molecule has 1 aromatic heterocycles. The molecule has 9 heteroatoms. The third-order valence-electron chi connectivity index (χ3n) is 4.28. The van der Waals surface area contributed by atoms with Crippen molar-refractivity contribution in [1.29, 1.82) is 0 Å². The number of fused-ring (bicyclic) bond motifs is 1. The van der Waals surface area contributed by atoms with E-state index in [1.165, 1.54) is 4.57 Å². The van der Waals surface area contributed by atoms with Gasteiger partial charge in [0.2, 0.25) is 15.9 Å². The van der Waals surface area contributed by atoms with Crippen molar-refractivity contribution in [3.63, 3.8) is 0 Å². The fourth-order valence-electron chi connectivity index (χ4n) is 2.90. The molecule has 28 heavy (non-hydrogen) atoms. The van der Waals surface area contributed by atoms with E-state index >= 15 is 0 Å². The Hall–Kier alpha value is -3.20. The number of rotatable bonds is 5. The fraction of sp³-hybridized carbons (Fsp3) is 0.211. The Labute approximate surface area is 162 Å². The highest BCUT2D eigenvalue weighted by Gasteiger charge is 2.21. The van der Waals surface area contributed by atoms with Gasteiger partial charge in [-0.05, 0) is 30.7 Å². The van der Waals surface area contributed by atoms with Gasteiger partial charge < -0.3 is 9.67 Å². The largest absolute Gasteiger partial charge is 0.493 e. The summed E-state index contributed by atoms with van der Waals surface area (Å²) in [6.45, 7) is 1.34. The predicted molar refractivity (Wildman–Crippen MR) is 107 cm³/mol. The molecule has 3 rings (SSSR count). The molecule has 0 bridgehead atoms. The van der Waals surface area contributed by atoms with Crippen LogP contribution >= 0.6 is 0 Å². The number of para-hydroxylation sites is 1. The second-order valence-electron chi connectivity index (χ2n) is 6.45. The van der Waals surface area contributed by atoms with Crippen LogP contribution in [-0.2, 0) is 21.9 Å². The first-order valence-corrected chi connectivity index (χ1v) is 10.3. The molecule has 146 valence electrons. The molecule has 0 aliphatic carbocycles. The van der Waals surface area contributed by atoms with Crippen molar-refractivity contribution in [3.8, 4) is 5.88 Å². The smallest absolute Gasteiger partial charge is 0.285 e. The van der Waals surface area contributed by atoms with Gasteiger partial charge in [-0.2, -0.15) is 0 Å². The third-order valence-corrected chi connectivity index (χ3v) is 5.42. The average molecular weight is 400 g/mol. The number of amides is 1. The zero-order chi connectivity index (χ0) is 20.5. The average Bonchev–Trinajstić information content (AvgIpc) is 2.88. The SMILES string of the molecule is Cc1cccc(N(CC(=O)N=Nc2c(O)n(C)c3ccccc23)S(C)(=O)=O)c1. The molecular weight excluding hydrogens is 380 g/mol. The Bertz CT molecular complexity index is 1180. The Kier molecular flexibility index (Phi) is 5.19. The van der Waals surface area contributed by atoms with Gasteiger partial charge in [0.1, 0.15) is 6.54 Å². The minimum Gasteiger partial charge on any atom is -0.493 e. The summed E-state index contributed by atoms with van der Waals surface area (Å²) >= 11 is 0. The van der Waals surface area contributed by atoms with E-state index in [0.717, 1.165) is 21.6 Å². The summed E-state index contributed by atoms with van der Waals surface area (Å²) in [5.74, 6) is -0.879. The standard InChI is InChI=1S/C19H20N4O4S/c1-13-7-6-8-14(11-13)23(28(3,26)27)12-17(24)20-21-18-15-9-4-5-10-16(15)22(2)19(18)25/h4-11,25H,12H2,1-3H3. The third kappa shape index (κ3) is 3.89. The number of sulfonamides is 1. The van der Waals surface area contributed by atoms with Crippen molar-refractivity contribution in [2.24, 2.45) is 17.3 Å². The van der Waals surface area contributed by atoms with Crippen LogP contribution in [0.1, 0.15) is 5.56 Å². The number of carbonyl (C=O) groups excluding carboxylic acids is 1. The number of aryl methyl sites for hydroxylation is 2. The van der Waals surface area contributed by atoms with E-state index in [9.17, 15) is 18.3 Å². The Morgan fingerprint density at radius 3 is 2.57 bits per heavy atom. The number of aromatic nitrogens is 1.